The molecule has 2 aromatic rings. The van der Waals surface area contributed by atoms with Crippen LogP contribution in [0, 0.1) is 0 Å². The van der Waals surface area contributed by atoms with Crippen molar-refractivity contribution in [3.63, 3.8) is 0 Å². The molecule has 0 aliphatic heterocycles. The molecule has 5 nitrogen and oxygen atoms in total. The molecule has 4 rings (SSSR count). The van der Waals surface area contributed by atoms with E-state index in [1.54, 1.807) is 9.13 Å². The number of nitrogens with two attached hydrogens (primary N) is 1. The highest BCUT2D eigenvalue weighted by molar-refractivity contribution is 5.24. The molecule has 0 radical (unpaired) electrons. The highest BCUT2D eigenvalue weighted by atomic mass is 16.1. The fourth-order valence-electron chi connectivity index (χ4n) is 5.57. The molecule has 2 saturated carbocycles. The molecule has 0 spiro atoms. The molecule has 2 N–H and O–H groups in total. The Balaban J connectivity index is 0.000000186. The summed E-state index contributed by atoms with van der Waals surface area (Å²) in [5.41, 5.74) is 10.4. The van der Waals surface area contributed by atoms with Gasteiger partial charge < -0.3 is 14.9 Å². The van der Waals surface area contributed by atoms with Crippen LogP contribution >= 0.6 is 0 Å². The Kier molecular flexibility index (Phi) is 9.54. The second-order valence-corrected chi connectivity index (χ2v) is 10.1. The van der Waals surface area contributed by atoms with Crippen LogP contribution in [-0.2, 0) is 27.1 Å². The molecule has 0 unspecified atom stereocenters. The number of nitrogens with zero attached hydrogens (tertiary/aromatic N) is 2. The van der Waals surface area contributed by atoms with E-state index in [0.717, 1.165) is 42.4 Å². The number of pyridine rings is 2. The molecule has 2 fully saturated rings. The van der Waals surface area contributed by atoms with E-state index in [1.807, 2.05) is 32.6 Å². The van der Waals surface area contributed by atoms with Gasteiger partial charge in [-0.25, -0.2) is 0 Å². The molecule has 2 aliphatic carbocycles. The molecule has 2 aliphatic rings. The average molecular weight is 454 g/mol. The minimum atomic E-state index is 0.157. The molecule has 33 heavy (non-hydrogen) atoms. The van der Waals surface area contributed by atoms with Crippen molar-refractivity contribution in [2.75, 3.05) is 0 Å². The van der Waals surface area contributed by atoms with Crippen molar-refractivity contribution in [2.24, 2.45) is 19.8 Å². The van der Waals surface area contributed by atoms with Gasteiger partial charge in [-0.05, 0) is 67.2 Å². The zero-order valence-electron chi connectivity index (χ0n) is 20.9. The summed E-state index contributed by atoms with van der Waals surface area (Å²) >= 11 is 0. The van der Waals surface area contributed by atoms with Crippen LogP contribution in [0.5, 0.6) is 0 Å². The molecule has 2 aromatic heterocycles. The average Bonchev–Trinajstić information content (AvgIpc) is 2.84. The number of aromatic nitrogens is 2. The second kappa shape index (κ2) is 12.4. The molecule has 0 saturated heterocycles. The Labute approximate surface area is 199 Å². The van der Waals surface area contributed by atoms with Crippen molar-refractivity contribution >= 4 is 0 Å². The van der Waals surface area contributed by atoms with Crippen LogP contribution < -0.4 is 16.9 Å². The van der Waals surface area contributed by atoms with Crippen molar-refractivity contribution < 1.29 is 0 Å². The van der Waals surface area contributed by atoms with Gasteiger partial charge in [0.1, 0.15) is 0 Å². The van der Waals surface area contributed by atoms with Gasteiger partial charge in [0.05, 0.1) is 0 Å². The van der Waals surface area contributed by atoms with E-state index in [-0.39, 0.29) is 11.1 Å². The van der Waals surface area contributed by atoms with Gasteiger partial charge in [0.2, 0.25) is 0 Å². The fraction of sp³-hybridized carbons (Fsp3) is 0.643. The quantitative estimate of drug-likeness (QED) is 0.670. The van der Waals surface area contributed by atoms with Crippen LogP contribution in [0.15, 0.2) is 34.1 Å². The molecule has 2 heterocycles. The first-order valence-corrected chi connectivity index (χ1v) is 13.0. The Hall–Kier alpha value is -2.14. The third-order valence-electron chi connectivity index (χ3n) is 7.40. The van der Waals surface area contributed by atoms with E-state index in [9.17, 15) is 9.59 Å². The van der Waals surface area contributed by atoms with Crippen molar-refractivity contribution in [3.8, 4) is 0 Å². The standard InChI is InChI=1S/C15H23NO.C13H20N2O/c1-3-7-12-10-14(15(17)16(2)11-12)13-8-5-4-6-9-13;1-15-9-10(8-14)7-12(13(15)16)11-5-3-2-4-6-11/h10-11,13H,3-9H2,1-2H3;7,9,11H,2-6,8,14H2,1H3. The lowest BCUT2D eigenvalue weighted by atomic mass is 9.84. The van der Waals surface area contributed by atoms with Crippen LogP contribution in [0.2, 0.25) is 0 Å². The predicted molar refractivity (Wildman–Crippen MR) is 137 cm³/mol. The topological polar surface area (TPSA) is 70.0 Å². The Morgan fingerprint density at radius 1 is 0.758 bits per heavy atom. The Bertz CT molecular complexity index is 1010. The van der Waals surface area contributed by atoms with Crippen LogP contribution in [0.4, 0.5) is 0 Å². The van der Waals surface area contributed by atoms with Crippen molar-refractivity contribution in [3.05, 3.63) is 67.5 Å². The number of aryl methyl sites for hydroxylation is 3. The largest absolute Gasteiger partial charge is 0.326 e. The summed E-state index contributed by atoms with van der Waals surface area (Å²) in [5.74, 6) is 0.971. The van der Waals surface area contributed by atoms with Crippen molar-refractivity contribution in [1.82, 2.24) is 9.13 Å². The maximum atomic E-state index is 12.2. The van der Waals surface area contributed by atoms with E-state index >= 15 is 0 Å². The lowest BCUT2D eigenvalue weighted by molar-refractivity contribution is 0.439. The van der Waals surface area contributed by atoms with Gasteiger partial charge in [0.15, 0.2) is 0 Å². The molecule has 0 bridgehead atoms. The monoisotopic (exact) mass is 453 g/mol. The zero-order chi connectivity index (χ0) is 23.8. The molecular weight excluding hydrogens is 410 g/mol. The molecular formula is C28H43N3O2. The van der Waals surface area contributed by atoms with Gasteiger partial charge in [-0.1, -0.05) is 51.9 Å². The fourth-order valence-corrected chi connectivity index (χ4v) is 5.57. The molecule has 5 heteroatoms. The minimum absolute atomic E-state index is 0.157. The van der Waals surface area contributed by atoms with Crippen LogP contribution in [0.1, 0.15) is 112 Å². The molecule has 182 valence electrons. The molecule has 0 amide bonds. The number of rotatable bonds is 5. The number of hydrogen-bond acceptors (Lipinski definition) is 3. The van der Waals surface area contributed by atoms with Crippen molar-refractivity contribution in [2.45, 2.75) is 102 Å². The van der Waals surface area contributed by atoms with E-state index in [2.05, 4.69) is 13.0 Å². The van der Waals surface area contributed by atoms with E-state index in [1.165, 1.54) is 56.9 Å². The van der Waals surface area contributed by atoms with Gasteiger partial charge in [0.25, 0.3) is 11.1 Å². The van der Waals surface area contributed by atoms with E-state index in [4.69, 9.17) is 5.73 Å². The smallest absolute Gasteiger partial charge is 0.253 e. The maximum absolute atomic E-state index is 12.2. The SMILES string of the molecule is CCCc1cc(C2CCCCC2)c(=O)n(C)c1.Cn1cc(CN)cc(C2CCCCC2)c1=O. The van der Waals surface area contributed by atoms with Crippen LogP contribution in [0.3, 0.4) is 0 Å². The van der Waals surface area contributed by atoms with Crippen LogP contribution in [-0.4, -0.2) is 9.13 Å². The molecule has 0 atom stereocenters. The lowest BCUT2D eigenvalue weighted by Crippen LogP contribution is -2.25. The zero-order valence-corrected chi connectivity index (χ0v) is 20.9. The summed E-state index contributed by atoms with van der Waals surface area (Å²) in [6.45, 7) is 2.69. The summed E-state index contributed by atoms with van der Waals surface area (Å²) in [6, 6.07) is 4.18. The van der Waals surface area contributed by atoms with Gasteiger partial charge in [-0.3, -0.25) is 9.59 Å². The van der Waals surface area contributed by atoms with E-state index in [0.29, 0.717) is 18.4 Å². The predicted octanol–water partition coefficient (Wildman–Crippen LogP) is 5.28. The molecule has 0 aromatic carbocycles. The van der Waals surface area contributed by atoms with Gasteiger partial charge in [-0.2, -0.15) is 0 Å². The first-order chi connectivity index (χ1) is 15.9. The van der Waals surface area contributed by atoms with E-state index < -0.39 is 0 Å². The highest BCUT2D eigenvalue weighted by Gasteiger charge is 2.20. The van der Waals surface area contributed by atoms with Crippen molar-refractivity contribution in [1.29, 1.82) is 0 Å². The summed E-state index contributed by atoms with van der Waals surface area (Å²) in [5, 5.41) is 0. The minimum Gasteiger partial charge on any atom is -0.326 e. The summed E-state index contributed by atoms with van der Waals surface area (Å²) in [7, 11) is 3.70. The van der Waals surface area contributed by atoms with Gasteiger partial charge in [-0.15, -0.1) is 0 Å². The lowest BCUT2D eigenvalue weighted by Gasteiger charge is -2.22. The van der Waals surface area contributed by atoms with Gasteiger partial charge in [0, 0.05) is 44.2 Å². The second-order valence-electron chi connectivity index (χ2n) is 10.1. The maximum Gasteiger partial charge on any atom is 0.253 e. The first-order valence-electron chi connectivity index (χ1n) is 13.0. The third kappa shape index (κ3) is 6.69. The first kappa shape index (κ1) is 25.5. The van der Waals surface area contributed by atoms with Gasteiger partial charge >= 0.3 is 0 Å². The van der Waals surface area contributed by atoms with Crippen LogP contribution in [0.25, 0.3) is 0 Å². The summed E-state index contributed by atoms with van der Waals surface area (Å²) in [4.78, 5) is 24.2. The Morgan fingerprint density at radius 2 is 1.18 bits per heavy atom. The third-order valence-corrected chi connectivity index (χ3v) is 7.40. The summed E-state index contributed by atoms with van der Waals surface area (Å²) in [6.07, 6.45) is 18.5. The Morgan fingerprint density at radius 3 is 1.61 bits per heavy atom. The number of hydrogen-bond donors (Lipinski definition) is 1. The normalized spacial score (nSPS) is 17.5. The highest BCUT2D eigenvalue weighted by Crippen LogP contribution is 2.32. The summed E-state index contributed by atoms with van der Waals surface area (Å²) < 4.78 is 3.45.